The summed E-state index contributed by atoms with van der Waals surface area (Å²) in [6.45, 7) is 3.56. The van der Waals surface area contributed by atoms with E-state index in [1.54, 1.807) is 0 Å². The molecule has 2 rings (SSSR count). The molecule has 3 heteroatoms. The fourth-order valence-electron chi connectivity index (χ4n) is 2.13. The Morgan fingerprint density at radius 3 is 2.83 bits per heavy atom. The maximum atomic E-state index is 8.80. The minimum absolute atomic E-state index is 0.135. The molecule has 1 fully saturated rings. The topological polar surface area (TPSA) is 45.0 Å². The number of ether oxygens (including phenoxy) is 1. The van der Waals surface area contributed by atoms with Gasteiger partial charge in [-0.05, 0) is 32.9 Å². The van der Waals surface area contributed by atoms with Gasteiger partial charge in [0.25, 0.3) is 0 Å². The van der Waals surface area contributed by atoms with Crippen LogP contribution in [-0.2, 0) is 6.54 Å². The summed E-state index contributed by atoms with van der Waals surface area (Å²) >= 11 is 0. The molecule has 1 N–H and O–H groups in total. The smallest absolute Gasteiger partial charge is 0.123 e. The van der Waals surface area contributed by atoms with E-state index in [0.717, 1.165) is 25.1 Å². The molecule has 0 aliphatic heterocycles. The summed E-state index contributed by atoms with van der Waals surface area (Å²) in [5.41, 5.74) is 2.56. The lowest BCUT2D eigenvalue weighted by atomic mass is 10.1. The van der Waals surface area contributed by atoms with Crippen molar-refractivity contribution >= 4 is 0 Å². The van der Waals surface area contributed by atoms with Gasteiger partial charge in [0, 0.05) is 23.9 Å². The highest BCUT2D eigenvalue weighted by Gasteiger charge is 2.43. The van der Waals surface area contributed by atoms with Gasteiger partial charge >= 0.3 is 0 Å². The van der Waals surface area contributed by atoms with Gasteiger partial charge in [-0.3, -0.25) is 0 Å². The van der Waals surface area contributed by atoms with Crippen molar-refractivity contribution in [1.82, 2.24) is 5.32 Å². The molecule has 18 heavy (non-hydrogen) atoms. The summed E-state index contributed by atoms with van der Waals surface area (Å²) in [6, 6.07) is 8.51. The average Bonchev–Trinajstić information content (AvgIpc) is 3.09. The van der Waals surface area contributed by atoms with Crippen molar-refractivity contribution in [2.75, 3.05) is 13.7 Å². The molecule has 1 aliphatic rings. The van der Waals surface area contributed by atoms with Crippen molar-refractivity contribution < 1.29 is 4.74 Å². The first-order chi connectivity index (χ1) is 8.69. The van der Waals surface area contributed by atoms with Crippen molar-refractivity contribution in [2.45, 2.75) is 32.7 Å². The van der Waals surface area contributed by atoms with Crippen LogP contribution in [0.3, 0.4) is 0 Å². The Labute approximate surface area is 109 Å². The number of nitrogens with zero attached hydrogens (tertiary/aromatic N) is 1. The molecular weight excluding hydrogens is 224 g/mol. The fourth-order valence-corrected chi connectivity index (χ4v) is 2.13. The van der Waals surface area contributed by atoms with Crippen LogP contribution in [0.1, 0.15) is 30.4 Å². The van der Waals surface area contributed by atoms with Gasteiger partial charge < -0.3 is 10.1 Å². The number of rotatable bonds is 6. The molecule has 0 amide bonds. The molecule has 0 spiro atoms. The molecule has 1 aromatic carbocycles. The molecule has 0 heterocycles. The van der Waals surface area contributed by atoms with E-state index in [1.807, 2.05) is 13.1 Å². The molecule has 1 aliphatic carbocycles. The number of hydrogen-bond donors (Lipinski definition) is 1. The highest BCUT2D eigenvalue weighted by atomic mass is 16.5. The van der Waals surface area contributed by atoms with Gasteiger partial charge in [0.05, 0.1) is 12.7 Å². The van der Waals surface area contributed by atoms with Crippen LogP contribution in [0.25, 0.3) is 0 Å². The van der Waals surface area contributed by atoms with Crippen LogP contribution in [0.2, 0.25) is 0 Å². The summed E-state index contributed by atoms with van der Waals surface area (Å²) in [6.07, 6.45) is 2.85. The van der Waals surface area contributed by atoms with Crippen molar-refractivity contribution in [3.8, 4) is 11.8 Å². The third kappa shape index (κ3) is 3.02. The molecule has 3 nitrogen and oxygen atoms in total. The number of nitrogens with one attached hydrogen (secondary N) is 1. The second-order valence-corrected chi connectivity index (χ2v) is 5.27. The molecule has 0 aromatic heterocycles. The fraction of sp³-hybridized carbons (Fsp3) is 0.533. The van der Waals surface area contributed by atoms with Crippen LogP contribution in [0.15, 0.2) is 18.2 Å². The lowest BCUT2D eigenvalue weighted by Gasteiger charge is -2.16. The van der Waals surface area contributed by atoms with E-state index in [1.165, 1.54) is 11.1 Å². The largest absolute Gasteiger partial charge is 0.493 e. The van der Waals surface area contributed by atoms with Crippen LogP contribution < -0.4 is 10.1 Å². The number of hydrogen-bond acceptors (Lipinski definition) is 3. The van der Waals surface area contributed by atoms with Crippen LogP contribution in [-0.4, -0.2) is 13.7 Å². The van der Waals surface area contributed by atoms with E-state index >= 15 is 0 Å². The van der Waals surface area contributed by atoms with Crippen LogP contribution in [0.5, 0.6) is 5.75 Å². The van der Waals surface area contributed by atoms with Gasteiger partial charge in [-0.25, -0.2) is 0 Å². The number of aryl methyl sites for hydroxylation is 1. The summed E-state index contributed by atoms with van der Waals surface area (Å²) < 4.78 is 5.93. The van der Waals surface area contributed by atoms with Gasteiger partial charge in [0.2, 0.25) is 0 Å². The zero-order valence-electron chi connectivity index (χ0n) is 11.1. The standard InChI is InChI=1S/C15H20N2O/c1-12-3-4-14(13(9-12)10-17-2)18-11-15(5-6-15)7-8-16/h3-4,9,17H,5-7,10-11H2,1-2H3. The van der Waals surface area contributed by atoms with E-state index in [2.05, 4.69) is 30.4 Å². The Balaban J connectivity index is 2.03. The first-order valence-electron chi connectivity index (χ1n) is 6.43. The van der Waals surface area contributed by atoms with Gasteiger partial charge in [0.1, 0.15) is 5.75 Å². The molecule has 0 saturated heterocycles. The Hall–Kier alpha value is -1.53. The quantitative estimate of drug-likeness (QED) is 0.837. The van der Waals surface area contributed by atoms with E-state index < -0.39 is 0 Å². The Kier molecular flexibility index (Phi) is 3.88. The maximum Gasteiger partial charge on any atom is 0.123 e. The number of nitriles is 1. The second-order valence-electron chi connectivity index (χ2n) is 5.27. The molecule has 1 saturated carbocycles. The highest BCUT2D eigenvalue weighted by molar-refractivity contribution is 5.37. The van der Waals surface area contributed by atoms with E-state index in [0.29, 0.717) is 13.0 Å². The summed E-state index contributed by atoms with van der Waals surface area (Å²) in [7, 11) is 1.93. The Morgan fingerprint density at radius 1 is 1.44 bits per heavy atom. The minimum atomic E-state index is 0.135. The zero-order valence-corrected chi connectivity index (χ0v) is 11.1. The van der Waals surface area contributed by atoms with Crippen molar-refractivity contribution in [3.05, 3.63) is 29.3 Å². The van der Waals surface area contributed by atoms with Crippen molar-refractivity contribution in [2.24, 2.45) is 5.41 Å². The van der Waals surface area contributed by atoms with Gasteiger partial charge in [-0.2, -0.15) is 5.26 Å². The highest BCUT2D eigenvalue weighted by Crippen LogP contribution is 2.48. The monoisotopic (exact) mass is 244 g/mol. The van der Waals surface area contributed by atoms with Crippen LogP contribution in [0, 0.1) is 23.7 Å². The molecule has 1 aromatic rings. The molecule has 0 radical (unpaired) electrons. The summed E-state index contributed by atoms with van der Waals surface area (Å²) in [5.74, 6) is 0.944. The third-order valence-corrected chi connectivity index (χ3v) is 3.53. The van der Waals surface area contributed by atoms with Crippen LogP contribution in [0.4, 0.5) is 0 Å². The van der Waals surface area contributed by atoms with Gasteiger partial charge in [0.15, 0.2) is 0 Å². The SMILES string of the molecule is CNCc1cc(C)ccc1OCC1(CC#N)CC1. The van der Waals surface area contributed by atoms with Crippen LogP contribution >= 0.6 is 0 Å². The molecule has 96 valence electrons. The maximum absolute atomic E-state index is 8.80. The molecule has 0 bridgehead atoms. The van der Waals surface area contributed by atoms with E-state index in [4.69, 9.17) is 10.00 Å². The first kappa shape index (κ1) is 12.9. The predicted molar refractivity (Wildman–Crippen MR) is 71.3 cm³/mol. The third-order valence-electron chi connectivity index (χ3n) is 3.53. The Bertz CT molecular complexity index is 458. The normalized spacial score (nSPS) is 16.1. The summed E-state index contributed by atoms with van der Waals surface area (Å²) in [5, 5.41) is 12.0. The predicted octanol–water partition coefficient (Wildman–Crippen LogP) is 2.79. The zero-order chi connectivity index (χ0) is 13.0. The van der Waals surface area contributed by atoms with Gasteiger partial charge in [-0.15, -0.1) is 0 Å². The first-order valence-corrected chi connectivity index (χ1v) is 6.43. The number of benzene rings is 1. The Morgan fingerprint density at radius 2 is 2.22 bits per heavy atom. The second kappa shape index (κ2) is 5.41. The molecule has 0 atom stereocenters. The summed E-state index contributed by atoms with van der Waals surface area (Å²) in [4.78, 5) is 0. The van der Waals surface area contributed by atoms with Crippen molar-refractivity contribution in [3.63, 3.8) is 0 Å². The molecular formula is C15H20N2O. The van der Waals surface area contributed by atoms with Gasteiger partial charge in [-0.1, -0.05) is 17.7 Å². The minimum Gasteiger partial charge on any atom is -0.493 e. The molecule has 0 unspecified atom stereocenters. The lowest BCUT2D eigenvalue weighted by molar-refractivity contribution is 0.234. The van der Waals surface area contributed by atoms with Crippen molar-refractivity contribution in [1.29, 1.82) is 5.26 Å². The van der Waals surface area contributed by atoms with E-state index in [-0.39, 0.29) is 5.41 Å². The van der Waals surface area contributed by atoms with E-state index in [9.17, 15) is 0 Å². The average molecular weight is 244 g/mol. The lowest BCUT2D eigenvalue weighted by Crippen LogP contribution is -2.14.